The van der Waals surface area contributed by atoms with Gasteiger partial charge in [0, 0.05) is 16.5 Å². The molecular formula is C21H20Cl2O3. The van der Waals surface area contributed by atoms with Gasteiger partial charge in [-0.3, -0.25) is 4.79 Å². The van der Waals surface area contributed by atoms with E-state index >= 15 is 0 Å². The zero-order valence-corrected chi connectivity index (χ0v) is 15.7. The number of carbonyl (C=O) groups excluding carboxylic acids is 1. The first-order valence-electron chi connectivity index (χ1n) is 8.59. The Morgan fingerprint density at radius 1 is 1.15 bits per heavy atom. The summed E-state index contributed by atoms with van der Waals surface area (Å²) >= 11 is 12.6. The minimum atomic E-state index is -0.663. The minimum Gasteiger partial charge on any atom is -0.458 e. The molecular weight excluding hydrogens is 371 g/mol. The molecule has 0 amide bonds. The fourth-order valence-corrected chi connectivity index (χ4v) is 3.68. The van der Waals surface area contributed by atoms with Crippen molar-refractivity contribution in [3.05, 3.63) is 75.3 Å². The van der Waals surface area contributed by atoms with E-state index < -0.39 is 12.2 Å². The van der Waals surface area contributed by atoms with Gasteiger partial charge in [-0.1, -0.05) is 59.6 Å². The fraction of sp³-hybridized carbons (Fsp3) is 0.286. The molecule has 1 fully saturated rings. The first-order chi connectivity index (χ1) is 12.5. The zero-order chi connectivity index (χ0) is 18.5. The summed E-state index contributed by atoms with van der Waals surface area (Å²) in [5, 5.41) is 10.9. The third-order valence-electron chi connectivity index (χ3n) is 4.37. The van der Waals surface area contributed by atoms with Crippen molar-refractivity contribution in [2.75, 3.05) is 0 Å². The van der Waals surface area contributed by atoms with Crippen LogP contribution in [0.2, 0.25) is 10.0 Å². The summed E-state index contributed by atoms with van der Waals surface area (Å²) < 4.78 is 5.26. The number of esters is 1. The Labute approximate surface area is 163 Å². The summed E-state index contributed by atoms with van der Waals surface area (Å²) in [6, 6.07) is 13.8. The number of halogens is 2. The maximum Gasteiger partial charge on any atom is 0.309 e. The summed E-state index contributed by atoms with van der Waals surface area (Å²) in [7, 11) is 0. The Bertz CT molecular complexity index is 802. The predicted octanol–water partition coefficient (Wildman–Crippen LogP) is 4.86. The van der Waals surface area contributed by atoms with Gasteiger partial charge in [0.1, 0.15) is 6.10 Å². The maximum atomic E-state index is 11.5. The van der Waals surface area contributed by atoms with Gasteiger partial charge < -0.3 is 9.84 Å². The van der Waals surface area contributed by atoms with E-state index in [2.05, 4.69) is 12.1 Å². The summed E-state index contributed by atoms with van der Waals surface area (Å²) in [4.78, 5) is 11.5. The molecule has 0 unspecified atom stereocenters. The zero-order valence-electron chi connectivity index (χ0n) is 14.2. The van der Waals surface area contributed by atoms with E-state index in [9.17, 15) is 9.90 Å². The van der Waals surface area contributed by atoms with E-state index in [0.717, 1.165) is 24.0 Å². The second-order valence-electron chi connectivity index (χ2n) is 6.43. The van der Waals surface area contributed by atoms with Gasteiger partial charge >= 0.3 is 5.97 Å². The molecule has 0 spiro atoms. The number of cyclic esters (lactones) is 1. The monoisotopic (exact) mass is 390 g/mol. The van der Waals surface area contributed by atoms with Crippen molar-refractivity contribution in [3.63, 3.8) is 0 Å². The van der Waals surface area contributed by atoms with Crippen LogP contribution in [0.1, 0.15) is 29.5 Å². The van der Waals surface area contributed by atoms with Crippen LogP contribution >= 0.6 is 23.2 Å². The molecule has 0 aliphatic carbocycles. The van der Waals surface area contributed by atoms with E-state index in [1.807, 2.05) is 30.3 Å². The van der Waals surface area contributed by atoms with Crippen LogP contribution in [0.15, 0.2) is 48.5 Å². The van der Waals surface area contributed by atoms with Gasteiger partial charge in [-0.05, 0) is 47.7 Å². The number of aliphatic hydroxyl groups excluding tert-OH is 1. The quantitative estimate of drug-likeness (QED) is 0.741. The van der Waals surface area contributed by atoms with Crippen molar-refractivity contribution >= 4 is 35.2 Å². The Hall–Kier alpha value is -1.81. The molecule has 3 nitrogen and oxygen atoms in total. The van der Waals surface area contributed by atoms with E-state index in [-0.39, 0.29) is 12.4 Å². The summed E-state index contributed by atoms with van der Waals surface area (Å²) in [5.74, 6) is -0.384. The van der Waals surface area contributed by atoms with Gasteiger partial charge in [-0.2, -0.15) is 0 Å². The third-order valence-corrected chi connectivity index (χ3v) is 4.90. The van der Waals surface area contributed by atoms with Crippen molar-refractivity contribution in [2.45, 2.75) is 37.9 Å². The number of benzene rings is 2. The van der Waals surface area contributed by atoms with Crippen molar-refractivity contribution in [1.82, 2.24) is 0 Å². The molecule has 1 aliphatic rings. The van der Waals surface area contributed by atoms with Crippen molar-refractivity contribution in [3.8, 4) is 0 Å². The van der Waals surface area contributed by atoms with Crippen LogP contribution in [0.25, 0.3) is 6.08 Å². The van der Waals surface area contributed by atoms with Gasteiger partial charge in [0.15, 0.2) is 0 Å². The van der Waals surface area contributed by atoms with Crippen LogP contribution in [0.5, 0.6) is 0 Å². The van der Waals surface area contributed by atoms with Crippen molar-refractivity contribution in [2.24, 2.45) is 0 Å². The van der Waals surface area contributed by atoms with E-state index in [1.165, 1.54) is 5.56 Å². The highest BCUT2D eigenvalue weighted by Crippen LogP contribution is 2.28. The lowest BCUT2D eigenvalue weighted by molar-refractivity contribution is -0.156. The molecule has 2 atom stereocenters. The molecule has 136 valence electrons. The molecule has 5 heteroatoms. The van der Waals surface area contributed by atoms with Crippen LogP contribution in [0.4, 0.5) is 0 Å². The van der Waals surface area contributed by atoms with E-state index in [0.29, 0.717) is 16.5 Å². The highest BCUT2D eigenvalue weighted by atomic mass is 35.5. The van der Waals surface area contributed by atoms with Crippen LogP contribution in [-0.4, -0.2) is 23.3 Å². The summed E-state index contributed by atoms with van der Waals surface area (Å²) in [6.45, 7) is 0. The van der Waals surface area contributed by atoms with Crippen molar-refractivity contribution < 1.29 is 14.6 Å². The lowest BCUT2D eigenvalue weighted by Gasteiger charge is -2.23. The van der Waals surface area contributed by atoms with Gasteiger partial charge in [0.05, 0.1) is 12.5 Å². The normalized spacial score (nSPS) is 20.3. The van der Waals surface area contributed by atoms with Crippen LogP contribution in [0, 0.1) is 0 Å². The molecule has 0 saturated carbocycles. The molecule has 2 aromatic carbocycles. The van der Waals surface area contributed by atoms with Gasteiger partial charge in [-0.25, -0.2) is 0 Å². The van der Waals surface area contributed by atoms with Gasteiger partial charge in [0.25, 0.3) is 0 Å². The molecule has 1 heterocycles. The van der Waals surface area contributed by atoms with E-state index in [4.69, 9.17) is 27.9 Å². The average molecular weight is 391 g/mol. The molecule has 0 aromatic heterocycles. The number of hydrogen-bond donors (Lipinski definition) is 1. The first kappa shape index (κ1) is 19.0. The lowest BCUT2D eigenvalue weighted by Crippen LogP contribution is -2.31. The molecule has 1 N–H and O–H groups in total. The SMILES string of the molecule is O=C1C[C@H](O)C[C@@H](/C=C/c2c(Cl)cc(Cl)cc2CCc2ccccc2)O1. The maximum absolute atomic E-state index is 11.5. The molecule has 1 saturated heterocycles. The molecule has 26 heavy (non-hydrogen) atoms. The standard InChI is InChI=1S/C21H20Cl2O3/c22-16-10-15(7-6-14-4-2-1-3-5-14)19(20(23)11-16)9-8-18-12-17(24)13-21(25)26-18/h1-5,8-11,17-18,24H,6-7,12-13H2/b9-8+/t17-,18-/m1/s1. The molecule has 0 radical (unpaired) electrons. The Morgan fingerprint density at radius 2 is 1.92 bits per heavy atom. The average Bonchev–Trinajstić information content (AvgIpc) is 2.59. The highest BCUT2D eigenvalue weighted by Gasteiger charge is 2.25. The van der Waals surface area contributed by atoms with Gasteiger partial charge in [0.2, 0.25) is 0 Å². The number of rotatable bonds is 5. The summed E-state index contributed by atoms with van der Waals surface area (Å²) in [6.07, 6.45) is 4.63. The first-order valence-corrected chi connectivity index (χ1v) is 9.34. The smallest absolute Gasteiger partial charge is 0.309 e. The Morgan fingerprint density at radius 3 is 2.65 bits per heavy atom. The Balaban J connectivity index is 1.79. The molecule has 1 aliphatic heterocycles. The number of ether oxygens (including phenoxy) is 1. The van der Waals surface area contributed by atoms with Crippen LogP contribution in [0.3, 0.4) is 0 Å². The second-order valence-corrected chi connectivity index (χ2v) is 7.27. The number of aliphatic hydroxyl groups is 1. The van der Waals surface area contributed by atoms with E-state index in [1.54, 1.807) is 12.1 Å². The third kappa shape index (κ3) is 5.10. The number of carbonyl (C=O) groups is 1. The van der Waals surface area contributed by atoms with Gasteiger partial charge in [-0.15, -0.1) is 0 Å². The molecule has 3 rings (SSSR count). The number of hydrogen-bond acceptors (Lipinski definition) is 3. The van der Waals surface area contributed by atoms with Crippen molar-refractivity contribution in [1.29, 1.82) is 0 Å². The summed E-state index contributed by atoms with van der Waals surface area (Å²) in [5.41, 5.74) is 3.14. The minimum absolute atomic E-state index is 0.0500. The predicted molar refractivity (Wildman–Crippen MR) is 104 cm³/mol. The topological polar surface area (TPSA) is 46.5 Å². The lowest BCUT2D eigenvalue weighted by atomic mass is 9.98. The Kier molecular flexibility index (Phi) is 6.36. The molecule has 2 aromatic rings. The second kappa shape index (κ2) is 8.72. The largest absolute Gasteiger partial charge is 0.458 e. The van der Waals surface area contributed by atoms with Crippen LogP contribution in [-0.2, 0) is 22.4 Å². The number of aryl methyl sites for hydroxylation is 2. The fourth-order valence-electron chi connectivity index (χ4n) is 3.09. The van der Waals surface area contributed by atoms with Crippen LogP contribution < -0.4 is 0 Å². The molecule has 0 bridgehead atoms. The highest BCUT2D eigenvalue weighted by molar-refractivity contribution is 6.35.